The molecule has 2 rings (SSSR count). The fourth-order valence-electron chi connectivity index (χ4n) is 2.07. The van der Waals surface area contributed by atoms with E-state index < -0.39 is 40.7 Å². The first kappa shape index (κ1) is 20.5. The lowest BCUT2D eigenvalue weighted by atomic mass is 10.1. The van der Waals surface area contributed by atoms with Crippen LogP contribution in [0.5, 0.6) is 0 Å². The van der Waals surface area contributed by atoms with Gasteiger partial charge >= 0.3 is 6.18 Å². The van der Waals surface area contributed by atoms with E-state index in [4.69, 9.17) is 5.73 Å². The lowest BCUT2D eigenvalue weighted by molar-refractivity contribution is -0.383. The number of alkyl halides is 3. The third-order valence-electron chi connectivity index (χ3n) is 3.45. The maximum Gasteiger partial charge on any atom is 0.416 e. The second kappa shape index (κ2) is 8.24. The topological polar surface area (TPSA) is 139 Å². The molecular formula is C16H14F3N5O4. The average Bonchev–Trinajstić information content (AvgIpc) is 2.64. The van der Waals surface area contributed by atoms with Gasteiger partial charge in [0.2, 0.25) is 0 Å². The van der Waals surface area contributed by atoms with Crippen LogP contribution in [-0.2, 0) is 11.0 Å². The van der Waals surface area contributed by atoms with E-state index in [0.717, 1.165) is 18.2 Å². The predicted molar refractivity (Wildman–Crippen MR) is 93.1 cm³/mol. The van der Waals surface area contributed by atoms with Crippen molar-refractivity contribution in [2.24, 2.45) is 0 Å². The molecule has 0 saturated heterocycles. The number of hydrogen-bond acceptors (Lipinski definition) is 6. The van der Waals surface area contributed by atoms with Gasteiger partial charge < -0.3 is 11.1 Å². The zero-order chi connectivity index (χ0) is 20.9. The first-order chi connectivity index (χ1) is 13.1. The zero-order valence-corrected chi connectivity index (χ0v) is 14.0. The number of carbonyl (C=O) groups excluding carboxylic acids is 2. The summed E-state index contributed by atoms with van der Waals surface area (Å²) in [6.07, 6.45) is -4.52. The highest BCUT2D eigenvalue weighted by Crippen LogP contribution is 2.30. The number of amides is 2. The highest BCUT2D eigenvalue weighted by molar-refractivity contribution is 5.96. The van der Waals surface area contributed by atoms with Gasteiger partial charge in [0.15, 0.2) is 0 Å². The molecule has 2 aromatic carbocycles. The van der Waals surface area contributed by atoms with Gasteiger partial charge in [-0.1, -0.05) is 6.07 Å². The Morgan fingerprint density at radius 1 is 1.11 bits per heavy atom. The van der Waals surface area contributed by atoms with E-state index >= 15 is 0 Å². The average molecular weight is 397 g/mol. The van der Waals surface area contributed by atoms with Gasteiger partial charge in [0, 0.05) is 17.3 Å². The van der Waals surface area contributed by atoms with Gasteiger partial charge in [-0.05, 0) is 30.3 Å². The molecule has 0 aliphatic heterocycles. The van der Waals surface area contributed by atoms with Crippen molar-refractivity contribution in [2.75, 3.05) is 17.6 Å². The van der Waals surface area contributed by atoms with Crippen LogP contribution >= 0.6 is 0 Å². The molecule has 0 saturated carbocycles. The fraction of sp³-hybridized carbons (Fsp3) is 0.125. The molecule has 0 atom stereocenters. The Morgan fingerprint density at radius 3 is 2.46 bits per heavy atom. The van der Waals surface area contributed by atoms with Gasteiger partial charge in [-0.15, -0.1) is 0 Å². The summed E-state index contributed by atoms with van der Waals surface area (Å²) < 4.78 is 37.9. The fourth-order valence-corrected chi connectivity index (χ4v) is 2.07. The van der Waals surface area contributed by atoms with Crippen molar-refractivity contribution in [3.63, 3.8) is 0 Å². The van der Waals surface area contributed by atoms with Gasteiger partial charge in [0.1, 0.15) is 5.69 Å². The number of carbonyl (C=O) groups is 2. The summed E-state index contributed by atoms with van der Waals surface area (Å²) in [5.74, 6) is -1.59. The van der Waals surface area contributed by atoms with Crippen LogP contribution in [0.25, 0.3) is 0 Å². The molecule has 2 amide bonds. The molecule has 0 heterocycles. The molecule has 9 nitrogen and oxygen atoms in total. The Balaban J connectivity index is 1.90. The summed E-state index contributed by atoms with van der Waals surface area (Å²) in [6, 6.07) is 7.58. The smallest absolute Gasteiger partial charge is 0.393 e. The maximum atomic E-state index is 12.6. The Labute approximate surface area is 155 Å². The number of halogens is 3. The van der Waals surface area contributed by atoms with Crippen LogP contribution in [0, 0.1) is 10.1 Å². The molecule has 0 unspecified atom stereocenters. The summed E-state index contributed by atoms with van der Waals surface area (Å²) in [5, 5.41) is 13.3. The lowest BCUT2D eigenvalue weighted by Crippen LogP contribution is -2.44. The SMILES string of the molecule is Nc1ccc(C(=O)NNC(=O)CNc2cccc(C(F)(F)F)c2)cc1[N+](=O)[O-]. The van der Waals surface area contributed by atoms with Crippen LogP contribution in [-0.4, -0.2) is 23.3 Å². The Bertz CT molecular complexity index is 917. The van der Waals surface area contributed by atoms with Crippen molar-refractivity contribution in [3.05, 3.63) is 63.7 Å². The molecule has 28 heavy (non-hydrogen) atoms. The van der Waals surface area contributed by atoms with Crippen LogP contribution in [0.15, 0.2) is 42.5 Å². The normalized spacial score (nSPS) is 10.8. The van der Waals surface area contributed by atoms with Crippen LogP contribution in [0.2, 0.25) is 0 Å². The summed E-state index contributed by atoms with van der Waals surface area (Å²) >= 11 is 0. The first-order valence-electron chi connectivity index (χ1n) is 7.62. The molecule has 0 spiro atoms. The number of hydrazine groups is 1. The first-order valence-corrected chi connectivity index (χ1v) is 7.62. The second-order valence-electron chi connectivity index (χ2n) is 5.47. The maximum absolute atomic E-state index is 12.6. The van der Waals surface area contributed by atoms with Gasteiger partial charge in [-0.2, -0.15) is 13.2 Å². The number of nitrogens with two attached hydrogens (primary N) is 1. The number of hydrogen-bond donors (Lipinski definition) is 4. The number of nitrogens with one attached hydrogen (secondary N) is 3. The van der Waals surface area contributed by atoms with Crippen molar-refractivity contribution < 1.29 is 27.7 Å². The molecule has 12 heteroatoms. The van der Waals surface area contributed by atoms with Crippen LogP contribution in [0.3, 0.4) is 0 Å². The van der Waals surface area contributed by atoms with Gasteiger partial charge in [0.25, 0.3) is 17.5 Å². The molecule has 0 aliphatic carbocycles. The molecule has 2 aromatic rings. The van der Waals surface area contributed by atoms with Crippen LogP contribution in [0.4, 0.5) is 30.2 Å². The van der Waals surface area contributed by atoms with Gasteiger partial charge in [-0.25, -0.2) is 0 Å². The number of benzene rings is 2. The minimum atomic E-state index is -4.52. The Hall–Kier alpha value is -3.83. The molecule has 0 aliphatic rings. The molecule has 5 N–H and O–H groups in total. The number of nitrogen functional groups attached to an aromatic ring is 1. The monoisotopic (exact) mass is 397 g/mol. The second-order valence-corrected chi connectivity index (χ2v) is 5.47. The highest BCUT2D eigenvalue weighted by Gasteiger charge is 2.30. The summed E-state index contributed by atoms with van der Waals surface area (Å²) in [7, 11) is 0. The van der Waals surface area contributed by atoms with E-state index in [1.165, 1.54) is 24.3 Å². The number of nitrogens with zero attached hydrogens (tertiary/aromatic N) is 1. The number of nitro benzene ring substituents is 1. The lowest BCUT2D eigenvalue weighted by Gasteiger charge is -2.11. The Morgan fingerprint density at radius 2 is 1.82 bits per heavy atom. The quantitative estimate of drug-likeness (QED) is 0.346. The molecule has 0 radical (unpaired) electrons. The minimum absolute atomic E-state index is 0.0606. The van der Waals surface area contributed by atoms with Crippen molar-refractivity contribution in [3.8, 4) is 0 Å². The van der Waals surface area contributed by atoms with E-state index in [0.29, 0.717) is 0 Å². The highest BCUT2D eigenvalue weighted by atomic mass is 19.4. The van der Waals surface area contributed by atoms with E-state index in [-0.39, 0.29) is 16.9 Å². The molecular weight excluding hydrogens is 383 g/mol. The third-order valence-corrected chi connectivity index (χ3v) is 3.45. The van der Waals surface area contributed by atoms with Crippen molar-refractivity contribution >= 4 is 28.9 Å². The van der Waals surface area contributed by atoms with E-state index in [9.17, 15) is 32.9 Å². The number of rotatable bonds is 5. The van der Waals surface area contributed by atoms with Crippen molar-refractivity contribution in [2.45, 2.75) is 6.18 Å². The number of nitro groups is 1. The van der Waals surface area contributed by atoms with Crippen molar-refractivity contribution in [1.29, 1.82) is 0 Å². The third kappa shape index (κ3) is 5.33. The summed E-state index contributed by atoms with van der Waals surface area (Å²) in [5.41, 5.74) is 7.96. The molecule has 0 bridgehead atoms. The van der Waals surface area contributed by atoms with E-state index in [1.54, 1.807) is 0 Å². The van der Waals surface area contributed by atoms with Crippen molar-refractivity contribution in [1.82, 2.24) is 10.9 Å². The van der Waals surface area contributed by atoms with Gasteiger partial charge in [-0.3, -0.25) is 30.6 Å². The minimum Gasteiger partial charge on any atom is -0.393 e. The predicted octanol–water partition coefficient (Wildman–Crippen LogP) is 2.07. The van der Waals surface area contributed by atoms with E-state index in [1.807, 2.05) is 10.9 Å². The van der Waals surface area contributed by atoms with Crippen LogP contribution < -0.4 is 21.9 Å². The van der Waals surface area contributed by atoms with Gasteiger partial charge in [0.05, 0.1) is 17.0 Å². The molecule has 148 valence electrons. The van der Waals surface area contributed by atoms with Crippen LogP contribution in [0.1, 0.15) is 15.9 Å². The molecule has 0 aromatic heterocycles. The summed E-state index contributed by atoms with van der Waals surface area (Å²) in [4.78, 5) is 33.7. The summed E-state index contributed by atoms with van der Waals surface area (Å²) in [6.45, 7) is -0.427. The van der Waals surface area contributed by atoms with E-state index in [2.05, 4.69) is 5.32 Å². The molecule has 0 fully saturated rings. The standard InChI is InChI=1S/C16H14F3N5O4/c17-16(18,19)10-2-1-3-11(7-10)21-8-14(25)22-23-15(26)9-4-5-12(20)13(6-9)24(27)28/h1-7,21H,8,20H2,(H,22,25)(H,23,26). The number of anilines is 2. The largest absolute Gasteiger partial charge is 0.416 e. The zero-order valence-electron chi connectivity index (χ0n) is 14.0. The Kier molecular flexibility index (Phi) is 6.03.